The highest BCUT2D eigenvalue weighted by Gasteiger charge is 2.30. The van der Waals surface area contributed by atoms with E-state index >= 15 is 0 Å². The van der Waals surface area contributed by atoms with Gasteiger partial charge in [0.15, 0.2) is 5.82 Å². The van der Waals surface area contributed by atoms with Crippen LogP contribution in [0.1, 0.15) is 38.8 Å². The predicted octanol–water partition coefficient (Wildman–Crippen LogP) is 3.66. The number of halogens is 1. The summed E-state index contributed by atoms with van der Waals surface area (Å²) in [4.78, 5) is 15.2. The monoisotopic (exact) mass is 413 g/mol. The van der Waals surface area contributed by atoms with Gasteiger partial charge >= 0.3 is 0 Å². The topological polar surface area (TPSA) is 84.0 Å². The Morgan fingerprint density at radius 2 is 2.03 bits per heavy atom. The molecule has 3 heterocycles. The van der Waals surface area contributed by atoms with E-state index < -0.39 is 12.2 Å². The quantitative estimate of drug-likeness (QED) is 0.595. The Kier molecular flexibility index (Phi) is 5.62. The fourth-order valence-electron chi connectivity index (χ4n) is 3.62. The third-order valence-electron chi connectivity index (χ3n) is 5.24. The van der Waals surface area contributed by atoms with Gasteiger partial charge in [0.2, 0.25) is 0 Å². The second-order valence-corrected chi connectivity index (χ2v) is 8.73. The number of hydrogen-bond acceptors (Lipinski definition) is 5. The molecule has 1 aromatic carbocycles. The number of benzene rings is 1. The molecule has 160 valence electrons. The first kappa shape index (κ1) is 20.6. The lowest BCUT2D eigenvalue weighted by molar-refractivity contribution is 0.00124. The minimum atomic E-state index is -1.16. The van der Waals surface area contributed by atoms with Gasteiger partial charge in [-0.25, -0.2) is 4.39 Å². The van der Waals surface area contributed by atoms with Crippen LogP contribution in [0, 0.1) is 0 Å². The number of hydrogen-bond donors (Lipinski definition) is 3. The lowest BCUT2D eigenvalue weighted by Crippen LogP contribution is -2.35. The van der Waals surface area contributed by atoms with E-state index in [1.54, 1.807) is 16.9 Å². The maximum absolute atomic E-state index is 14.5. The average Bonchev–Trinajstić information content (AvgIpc) is 3.07. The van der Waals surface area contributed by atoms with Gasteiger partial charge in [-0.15, -0.1) is 0 Å². The van der Waals surface area contributed by atoms with Crippen molar-refractivity contribution in [1.29, 1.82) is 0 Å². The molecule has 7 nitrogen and oxygen atoms in total. The lowest BCUT2D eigenvalue weighted by atomic mass is 10.1. The van der Waals surface area contributed by atoms with Crippen molar-refractivity contribution in [3.05, 3.63) is 52.4 Å². The van der Waals surface area contributed by atoms with Gasteiger partial charge < -0.3 is 20.4 Å². The van der Waals surface area contributed by atoms with Gasteiger partial charge in [0, 0.05) is 30.6 Å². The average molecular weight is 413 g/mol. The van der Waals surface area contributed by atoms with Gasteiger partial charge in [-0.1, -0.05) is 12.1 Å². The van der Waals surface area contributed by atoms with Crippen molar-refractivity contribution in [2.75, 3.05) is 18.5 Å². The molecule has 1 aliphatic heterocycles. The summed E-state index contributed by atoms with van der Waals surface area (Å²) >= 11 is 0. The molecule has 4 rings (SSSR count). The number of rotatable bonds is 5. The summed E-state index contributed by atoms with van der Waals surface area (Å²) in [6, 6.07) is 9.27. The maximum Gasteiger partial charge on any atom is 0.261 e. The Morgan fingerprint density at radius 3 is 2.73 bits per heavy atom. The Balaban J connectivity index is 1.62. The van der Waals surface area contributed by atoms with Gasteiger partial charge in [-0.3, -0.25) is 9.48 Å². The van der Waals surface area contributed by atoms with Gasteiger partial charge in [-0.2, -0.15) is 5.10 Å². The molecule has 0 aliphatic carbocycles. The first-order chi connectivity index (χ1) is 14.3. The molecule has 0 amide bonds. The van der Waals surface area contributed by atoms with Crippen LogP contribution in [0.15, 0.2) is 41.3 Å². The van der Waals surface area contributed by atoms with Crippen LogP contribution in [0.2, 0.25) is 0 Å². The standard InChI is InChI=1S/C22H28FN5O2/c1-22(2,3)25-12-14-4-6-15(7-5-14)26-20-19-18(8-10-24-21(19)29)28(27-20)17-9-11-30-13-16(17)23/h4-8,10,16-17,25H,9,11-13H2,1-3H3,(H,24,29)(H,26,27). The Hall–Kier alpha value is -2.71. The SMILES string of the molecule is CC(C)(C)NCc1ccc(Nc2nn(C3CCOCC3F)c3cc[nH]c(=O)c23)cc1. The zero-order chi connectivity index (χ0) is 21.3. The number of aromatic amines is 1. The van der Waals surface area contributed by atoms with Crippen LogP contribution in [-0.4, -0.2) is 39.7 Å². The molecule has 1 saturated heterocycles. The molecular weight excluding hydrogens is 385 g/mol. The Morgan fingerprint density at radius 1 is 1.27 bits per heavy atom. The van der Waals surface area contributed by atoms with Gasteiger partial charge in [0.05, 0.1) is 18.2 Å². The summed E-state index contributed by atoms with van der Waals surface area (Å²) in [5, 5.41) is 11.7. The molecule has 3 N–H and O–H groups in total. The smallest absolute Gasteiger partial charge is 0.261 e. The summed E-state index contributed by atoms with van der Waals surface area (Å²) in [6.07, 6.45) is 0.916. The van der Waals surface area contributed by atoms with E-state index in [1.165, 1.54) is 0 Å². The summed E-state index contributed by atoms with van der Waals surface area (Å²) in [5.41, 5.74) is 2.37. The second-order valence-electron chi connectivity index (χ2n) is 8.73. The predicted molar refractivity (Wildman–Crippen MR) is 116 cm³/mol. The van der Waals surface area contributed by atoms with Crippen molar-refractivity contribution in [3.8, 4) is 0 Å². The van der Waals surface area contributed by atoms with Gasteiger partial charge in [0.25, 0.3) is 5.56 Å². The van der Waals surface area contributed by atoms with Crippen molar-refractivity contribution in [3.63, 3.8) is 0 Å². The van der Waals surface area contributed by atoms with E-state index in [4.69, 9.17) is 4.74 Å². The van der Waals surface area contributed by atoms with Crippen molar-refractivity contribution in [2.45, 2.75) is 51.5 Å². The van der Waals surface area contributed by atoms with Crippen molar-refractivity contribution < 1.29 is 9.13 Å². The summed E-state index contributed by atoms with van der Waals surface area (Å²) in [5.74, 6) is 0.422. The van der Waals surface area contributed by atoms with Crippen molar-refractivity contribution >= 4 is 22.4 Å². The highest BCUT2D eigenvalue weighted by atomic mass is 19.1. The first-order valence-electron chi connectivity index (χ1n) is 10.2. The van der Waals surface area contributed by atoms with E-state index in [0.717, 1.165) is 17.8 Å². The number of nitrogens with one attached hydrogen (secondary N) is 3. The van der Waals surface area contributed by atoms with E-state index in [-0.39, 0.29) is 17.7 Å². The molecule has 2 atom stereocenters. The first-order valence-corrected chi connectivity index (χ1v) is 10.2. The summed E-state index contributed by atoms with van der Waals surface area (Å²) < 4.78 is 21.3. The number of pyridine rings is 1. The molecule has 0 spiro atoms. The van der Waals surface area contributed by atoms with Crippen LogP contribution in [-0.2, 0) is 11.3 Å². The van der Waals surface area contributed by atoms with E-state index in [0.29, 0.717) is 29.7 Å². The number of H-pyrrole nitrogens is 1. The van der Waals surface area contributed by atoms with Crippen LogP contribution >= 0.6 is 0 Å². The van der Waals surface area contributed by atoms with Crippen LogP contribution in [0.3, 0.4) is 0 Å². The second kappa shape index (κ2) is 8.20. The number of nitrogens with zero attached hydrogens (tertiary/aromatic N) is 2. The molecule has 3 aromatic rings. The largest absolute Gasteiger partial charge is 0.378 e. The van der Waals surface area contributed by atoms with Gasteiger partial charge in [-0.05, 0) is 51.0 Å². The number of anilines is 2. The third kappa shape index (κ3) is 4.39. The van der Waals surface area contributed by atoms with Crippen LogP contribution in [0.4, 0.5) is 15.9 Å². The molecule has 2 aromatic heterocycles. The third-order valence-corrected chi connectivity index (χ3v) is 5.24. The zero-order valence-corrected chi connectivity index (χ0v) is 17.5. The van der Waals surface area contributed by atoms with E-state index in [9.17, 15) is 9.18 Å². The normalized spacial score (nSPS) is 19.9. The molecule has 8 heteroatoms. The van der Waals surface area contributed by atoms with Gasteiger partial charge in [0.1, 0.15) is 11.6 Å². The molecular formula is C22H28FN5O2. The highest BCUT2D eigenvalue weighted by Crippen LogP contribution is 2.30. The Labute approximate surface area is 174 Å². The summed E-state index contributed by atoms with van der Waals surface area (Å²) in [6.45, 7) is 7.67. The van der Waals surface area contributed by atoms with E-state index in [1.807, 2.05) is 24.3 Å². The van der Waals surface area contributed by atoms with Crippen LogP contribution in [0.5, 0.6) is 0 Å². The van der Waals surface area contributed by atoms with Crippen molar-refractivity contribution in [2.24, 2.45) is 0 Å². The molecule has 0 radical (unpaired) electrons. The number of fused-ring (bicyclic) bond motifs is 1. The molecule has 0 saturated carbocycles. The van der Waals surface area contributed by atoms with Crippen molar-refractivity contribution in [1.82, 2.24) is 20.1 Å². The highest BCUT2D eigenvalue weighted by molar-refractivity contribution is 5.91. The van der Waals surface area contributed by atoms with Crippen LogP contribution < -0.4 is 16.2 Å². The Bertz CT molecular complexity index is 1070. The molecule has 2 unspecified atom stereocenters. The minimum Gasteiger partial charge on any atom is -0.378 e. The molecule has 1 fully saturated rings. The number of ether oxygens (including phenoxy) is 1. The number of alkyl halides is 1. The fourth-order valence-corrected chi connectivity index (χ4v) is 3.62. The van der Waals surface area contributed by atoms with Crippen LogP contribution in [0.25, 0.3) is 10.9 Å². The minimum absolute atomic E-state index is 0.0437. The summed E-state index contributed by atoms with van der Waals surface area (Å²) in [7, 11) is 0. The zero-order valence-electron chi connectivity index (χ0n) is 17.5. The molecule has 30 heavy (non-hydrogen) atoms. The fraction of sp³-hybridized carbons (Fsp3) is 0.455. The lowest BCUT2D eigenvalue weighted by Gasteiger charge is -2.26. The molecule has 0 bridgehead atoms. The number of aromatic nitrogens is 3. The maximum atomic E-state index is 14.5. The van der Waals surface area contributed by atoms with E-state index in [2.05, 4.69) is 41.5 Å². The molecule has 1 aliphatic rings.